The van der Waals surface area contributed by atoms with Crippen LogP contribution in [-0.2, 0) is 7.05 Å². The van der Waals surface area contributed by atoms with E-state index in [1.807, 2.05) is 18.2 Å². The first kappa shape index (κ1) is 20.0. The summed E-state index contributed by atoms with van der Waals surface area (Å²) >= 11 is 0. The van der Waals surface area contributed by atoms with Crippen molar-refractivity contribution in [2.75, 3.05) is 0 Å². The molecule has 0 unspecified atom stereocenters. The molecule has 5 aromatic rings. The lowest BCUT2D eigenvalue weighted by Crippen LogP contribution is -2.30. The van der Waals surface area contributed by atoms with Crippen LogP contribution >= 0.6 is 0 Å². The molecule has 2 heterocycles. The average Bonchev–Trinajstić information content (AvgIpc) is 3.17. The molecule has 0 aliphatic heterocycles. The van der Waals surface area contributed by atoms with E-state index in [2.05, 4.69) is 92.0 Å². The highest BCUT2D eigenvalue weighted by molar-refractivity contribution is 6.14. The zero-order valence-corrected chi connectivity index (χ0v) is 18.8. The number of furan rings is 1. The lowest BCUT2D eigenvalue weighted by molar-refractivity contribution is -0.660. The Morgan fingerprint density at radius 2 is 1.69 bits per heavy atom. The minimum Gasteiger partial charge on any atom is -0.455 e. The molecule has 0 N–H and O–H groups in total. The Balaban J connectivity index is 1.85. The molecule has 0 bridgehead atoms. The number of fused-ring (bicyclic) bond motifs is 3. The zero-order chi connectivity index (χ0) is 22.4. The SMILES string of the molecule is [C-]#[N+]c1cc(-c2ccc(C(C)C)cc2)c2oc3c(-c4cccc[n+]4C)c(C)ccc3c2c1. The fourth-order valence-electron chi connectivity index (χ4n) is 4.45. The van der Waals surface area contributed by atoms with Gasteiger partial charge < -0.3 is 4.42 Å². The van der Waals surface area contributed by atoms with Gasteiger partial charge in [0.1, 0.15) is 18.2 Å². The third kappa shape index (κ3) is 3.16. The van der Waals surface area contributed by atoms with Gasteiger partial charge in [-0.3, -0.25) is 0 Å². The van der Waals surface area contributed by atoms with Crippen molar-refractivity contribution in [3.8, 4) is 22.4 Å². The van der Waals surface area contributed by atoms with E-state index in [4.69, 9.17) is 11.0 Å². The molecule has 0 fully saturated rings. The molecule has 32 heavy (non-hydrogen) atoms. The second kappa shape index (κ2) is 7.66. The standard InChI is InChI=1S/C29H25N2O/c1-18(2)20-10-12-21(13-11-20)24-16-22(30-4)17-25-23-14-9-19(3)27(29(23)32-28(24)25)26-8-6-7-15-31(26)5/h6-18H,1-3,5H3/q+1. The van der Waals surface area contributed by atoms with Crippen molar-refractivity contribution in [2.24, 2.45) is 7.05 Å². The molecule has 0 saturated carbocycles. The van der Waals surface area contributed by atoms with E-state index in [0.29, 0.717) is 11.6 Å². The first-order valence-electron chi connectivity index (χ1n) is 10.9. The van der Waals surface area contributed by atoms with Gasteiger partial charge in [0.15, 0.2) is 11.9 Å². The highest BCUT2D eigenvalue weighted by atomic mass is 16.3. The number of hydrogen-bond donors (Lipinski definition) is 0. The number of hydrogen-bond acceptors (Lipinski definition) is 1. The maximum Gasteiger partial charge on any atom is 0.216 e. The summed E-state index contributed by atoms with van der Waals surface area (Å²) in [5.74, 6) is 0.474. The van der Waals surface area contributed by atoms with Gasteiger partial charge in [-0.15, -0.1) is 0 Å². The van der Waals surface area contributed by atoms with Gasteiger partial charge in [0.25, 0.3) is 0 Å². The molecule has 0 atom stereocenters. The van der Waals surface area contributed by atoms with Crippen LogP contribution in [0.3, 0.4) is 0 Å². The predicted molar refractivity (Wildman–Crippen MR) is 131 cm³/mol. The number of pyridine rings is 1. The van der Waals surface area contributed by atoms with E-state index >= 15 is 0 Å². The van der Waals surface area contributed by atoms with Gasteiger partial charge in [-0.2, -0.15) is 0 Å². The summed E-state index contributed by atoms with van der Waals surface area (Å²) in [5.41, 5.74) is 8.98. The van der Waals surface area contributed by atoms with Crippen LogP contribution in [0.25, 0.3) is 49.2 Å². The number of aromatic nitrogens is 1. The molecule has 156 valence electrons. The molecule has 3 nitrogen and oxygen atoms in total. The van der Waals surface area contributed by atoms with E-state index in [1.54, 1.807) is 0 Å². The Morgan fingerprint density at radius 3 is 2.38 bits per heavy atom. The van der Waals surface area contributed by atoms with Crippen LogP contribution < -0.4 is 4.57 Å². The van der Waals surface area contributed by atoms with Crippen LogP contribution in [0.4, 0.5) is 5.69 Å². The van der Waals surface area contributed by atoms with Gasteiger partial charge in [0.2, 0.25) is 5.69 Å². The first-order valence-corrected chi connectivity index (χ1v) is 10.9. The minimum atomic E-state index is 0.474. The van der Waals surface area contributed by atoms with Gasteiger partial charge in [-0.05, 0) is 47.7 Å². The summed E-state index contributed by atoms with van der Waals surface area (Å²) in [6.45, 7) is 14.2. The highest BCUT2D eigenvalue weighted by Crippen LogP contribution is 2.42. The summed E-state index contributed by atoms with van der Waals surface area (Å²) in [6, 6.07) is 22.9. The molecule has 0 aliphatic rings. The van der Waals surface area contributed by atoms with Gasteiger partial charge in [0.05, 0.1) is 12.1 Å². The van der Waals surface area contributed by atoms with Crippen molar-refractivity contribution in [3.63, 3.8) is 0 Å². The Hall–Kier alpha value is -3.90. The van der Waals surface area contributed by atoms with Crippen LogP contribution in [0, 0.1) is 13.5 Å². The fourth-order valence-corrected chi connectivity index (χ4v) is 4.45. The number of aryl methyl sites for hydroxylation is 2. The first-order chi connectivity index (χ1) is 15.5. The van der Waals surface area contributed by atoms with E-state index in [-0.39, 0.29) is 0 Å². The van der Waals surface area contributed by atoms with Crippen molar-refractivity contribution >= 4 is 27.6 Å². The summed E-state index contributed by atoms with van der Waals surface area (Å²) in [5, 5.41) is 2.02. The number of benzene rings is 3. The molecule has 2 aromatic heterocycles. The summed E-state index contributed by atoms with van der Waals surface area (Å²) < 4.78 is 8.74. The van der Waals surface area contributed by atoms with E-state index in [0.717, 1.165) is 49.9 Å². The lowest BCUT2D eigenvalue weighted by Gasteiger charge is -2.08. The molecule has 0 saturated heterocycles. The van der Waals surface area contributed by atoms with Crippen molar-refractivity contribution in [2.45, 2.75) is 26.7 Å². The lowest BCUT2D eigenvalue weighted by atomic mass is 9.96. The minimum absolute atomic E-state index is 0.474. The molecule has 3 aromatic carbocycles. The molecule has 3 heteroatoms. The molecule has 0 spiro atoms. The van der Waals surface area contributed by atoms with E-state index in [9.17, 15) is 0 Å². The smallest absolute Gasteiger partial charge is 0.216 e. The molecular weight excluding hydrogens is 392 g/mol. The van der Waals surface area contributed by atoms with Gasteiger partial charge in [-0.25, -0.2) is 9.41 Å². The predicted octanol–water partition coefficient (Wildman–Crippen LogP) is 7.73. The maximum absolute atomic E-state index is 7.66. The Labute approximate surface area is 188 Å². The normalized spacial score (nSPS) is 11.4. The summed E-state index contributed by atoms with van der Waals surface area (Å²) in [7, 11) is 2.05. The van der Waals surface area contributed by atoms with Gasteiger partial charge in [0, 0.05) is 28.5 Å². The highest BCUT2D eigenvalue weighted by Gasteiger charge is 2.22. The molecule has 0 amide bonds. The fraction of sp³-hybridized carbons (Fsp3) is 0.172. The van der Waals surface area contributed by atoms with Crippen molar-refractivity contribution < 1.29 is 8.98 Å². The van der Waals surface area contributed by atoms with Crippen molar-refractivity contribution in [3.05, 3.63) is 95.5 Å². The summed E-state index contributed by atoms with van der Waals surface area (Å²) in [4.78, 5) is 3.76. The second-order valence-electron chi connectivity index (χ2n) is 8.69. The zero-order valence-electron chi connectivity index (χ0n) is 18.8. The Bertz CT molecular complexity index is 1520. The molecular formula is C29H25N2O+. The molecule has 0 radical (unpaired) electrons. The Morgan fingerprint density at radius 1 is 0.906 bits per heavy atom. The third-order valence-electron chi connectivity index (χ3n) is 6.26. The van der Waals surface area contributed by atoms with Crippen LogP contribution in [-0.4, -0.2) is 0 Å². The Kier molecular flexibility index (Phi) is 4.79. The number of rotatable bonds is 3. The maximum atomic E-state index is 7.66. The van der Waals surface area contributed by atoms with Crippen LogP contribution in [0.1, 0.15) is 30.9 Å². The van der Waals surface area contributed by atoms with Gasteiger partial charge in [-0.1, -0.05) is 50.2 Å². The van der Waals surface area contributed by atoms with E-state index < -0.39 is 0 Å². The van der Waals surface area contributed by atoms with Crippen LogP contribution in [0.5, 0.6) is 0 Å². The van der Waals surface area contributed by atoms with Gasteiger partial charge >= 0.3 is 0 Å². The molecule has 5 rings (SSSR count). The second-order valence-corrected chi connectivity index (χ2v) is 8.69. The third-order valence-corrected chi connectivity index (χ3v) is 6.26. The van der Waals surface area contributed by atoms with Crippen molar-refractivity contribution in [1.29, 1.82) is 0 Å². The van der Waals surface area contributed by atoms with Crippen LogP contribution in [0.15, 0.2) is 77.3 Å². The monoisotopic (exact) mass is 417 g/mol. The van der Waals surface area contributed by atoms with Crippen molar-refractivity contribution in [1.82, 2.24) is 0 Å². The molecule has 0 aliphatic carbocycles. The largest absolute Gasteiger partial charge is 0.455 e. The topological polar surface area (TPSA) is 21.4 Å². The quantitative estimate of drug-likeness (QED) is 0.217. The average molecular weight is 418 g/mol. The van der Waals surface area contributed by atoms with E-state index in [1.165, 1.54) is 5.56 Å². The van der Waals surface area contributed by atoms with Crippen LogP contribution in [0.2, 0.25) is 0 Å². The number of nitrogens with zero attached hydrogens (tertiary/aromatic N) is 2. The summed E-state index contributed by atoms with van der Waals surface area (Å²) in [6.07, 6.45) is 2.05.